The van der Waals surface area contributed by atoms with Gasteiger partial charge in [0, 0.05) is 30.4 Å². The molecular weight excluding hydrogens is 238 g/mol. The summed E-state index contributed by atoms with van der Waals surface area (Å²) in [6.45, 7) is 9.55. The summed E-state index contributed by atoms with van der Waals surface area (Å²) in [5.41, 5.74) is 2.98. The van der Waals surface area contributed by atoms with Crippen LogP contribution in [-0.4, -0.2) is 20.1 Å². The van der Waals surface area contributed by atoms with Crippen LogP contribution >= 0.6 is 0 Å². The van der Waals surface area contributed by atoms with Crippen molar-refractivity contribution in [3.8, 4) is 0 Å². The van der Waals surface area contributed by atoms with E-state index >= 15 is 0 Å². The molecule has 0 atom stereocenters. The van der Waals surface area contributed by atoms with Gasteiger partial charge in [-0.1, -0.05) is 13.8 Å². The highest BCUT2D eigenvalue weighted by Gasteiger charge is 2.12. The molecule has 0 radical (unpaired) electrons. The standard InChI is InChI=1S/C15H21N3O/c1-5-18-14(8-12(4)16-18)10-17-7-6-13(9-17)15(19)11(2)3/h6-9,11H,5,10H2,1-4H3. The van der Waals surface area contributed by atoms with Crippen LogP contribution in [0.5, 0.6) is 0 Å². The number of aromatic nitrogens is 3. The Morgan fingerprint density at radius 2 is 2.16 bits per heavy atom. The monoisotopic (exact) mass is 259 g/mol. The molecule has 2 rings (SSSR count). The van der Waals surface area contributed by atoms with Gasteiger partial charge in [-0.15, -0.1) is 0 Å². The zero-order valence-electron chi connectivity index (χ0n) is 12.1. The first kappa shape index (κ1) is 13.6. The molecule has 0 unspecified atom stereocenters. The fourth-order valence-electron chi connectivity index (χ4n) is 2.21. The minimum absolute atomic E-state index is 0.0410. The van der Waals surface area contributed by atoms with Crippen LogP contribution < -0.4 is 0 Å². The molecule has 0 fully saturated rings. The van der Waals surface area contributed by atoms with Crippen molar-refractivity contribution in [1.82, 2.24) is 14.3 Å². The first-order valence-electron chi connectivity index (χ1n) is 6.74. The molecule has 0 amide bonds. The lowest BCUT2D eigenvalue weighted by molar-refractivity contribution is 0.0939. The van der Waals surface area contributed by atoms with Gasteiger partial charge in [-0.05, 0) is 26.0 Å². The molecule has 2 aromatic heterocycles. The summed E-state index contributed by atoms with van der Waals surface area (Å²) in [5, 5.41) is 4.43. The third kappa shape index (κ3) is 2.95. The van der Waals surface area contributed by atoms with E-state index in [1.54, 1.807) is 0 Å². The Labute approximate surface area is 114 Å². The molecule has 0 saturated carbocycles. The SMILES string of the molecule is CCn1nc(C)cc1Cn1ccc(C(=O)C(C)C)c1. The van der Waals surface area contributed by atoms with E-state index in [9.17, 15) is 4.79 Å². The van der Waals surface area contributed by atoms with Crippen molar-refractivity contribution < 1.29 is 4.79 Å². The Balaban J connectivity index is 2.18. The van der Waals surface area contributed by atoms with Crippen molar-refractivity contribution in [1.29, 1.82) is 0 Å². The van der Waals surface area contributed by atoms with E-state index in [0.29, 0.717) is 0 Å². The second-order valence-corrected chi connectivity index (χ2v) is 5.18. The number of carbonyl (C=O) groups excluding carboxylic acids is 1. The number of hydrogen-bond donors (Lipinski definition) is 0. The predicted octanol–water partition coefficient (Wildman–Crippen LogP) is 2.90. The zero-order chi connectivity index (χ0) is 14.0. The lowest BCUT2D eigenvalue weighted by atomic mass is 10.0. The summed E-state index contributed by atoms with van der Waals surface area (Å²) in [4.78, 5) is 11.9. The summed E-state index contributed by atoms with van der Waals surface area (Å²) in [7, 11) is 0. The molecule has 4 nitrogen and oxygen atoms in total. The highest BCUT2D eigenvalue weighted by Crippen LogP contribution is 2.12. The minimum Gasteiger partial charge on any atom is -0.348 e. The average molecular weight is 259 g/mol. The summed E-state index contributed by atoms with van der Waals surface area (Å²) in [6.07, 6.45) is 3.88. The van der Waals surface area contributed by atoms with Crippen molar-refractivity contribution in [2.24, 2.45) is 5.92 Å². The number of Topliss-reactive ketones (excluding diaryl/α,β-unsaturated/α-hetero) is 1. The van der Waals surface area contributed by atoms with Crippen LogP contribution in [-0.2, 0) is 13.1 Å². The number of carbonyl (C=O) groups is 1. The van der Waals surface area contributed by atoms with Crippen LogP contribution in [0.3, 0.4) is 0 Å². The maximum absolute atomic E-state index is 11.9. The maximum atomic E-state index is 11.9. The van der Waals surface area contributed by atoms with Gasteiger partial charge >= 0.3 is 0 Å². The van der Waals surface area contributed by atoms with Gasteiger partial charge in [0.1, 0.15) is 0 Å². The van der Waals surface area contributed by atoms with E-state index in [1.807, 2.05) is 48.5 Å². The second kappa shape index (κ2) is 5.43. The molecule has 4 heteroatoms. The summed E-state index contributed by atoms with van der Waals surface area (Å²) in [5.74, 6) is 0.234. The van der Waals surface area contributed by atoms with Crippen molar-refractivity contribution >= 4 is 5.78 Å². The number of rotatable bonds is 5. The van der Waals surface area contributed by atoms with Crippen molar-refractivity contribution in [2.45, 2.75) is 40.8 Å². The van der Waals surface area contributed by atoms with Gasteiger partial charge in [0.2, 0.25) is 0 Å². The van der Waals surface area contributed by atoms with Crippen molar-refractivity contribution in [2.75, 3.05) is 0 Å². The fourth-order valence-corrected chi connectivity index (χ4v) is 2.21. The summed E-state index contributed by atoms with van der Waals surface area (Å²) < 4.78 is 4.04. The largest absolute Gasteiger partial charge is 0.348 e. The summed E-state index contributed by atoms with van der Waals surface area (Å²) >= 11 is 0. The first-order valence-corrected chi connectivity index (χ1v) is 6.74. The van der Waals surface area contributed by atoms with Crippen LogP contribution in [0.2, 0.25) is 0 Å². The molecular formula is C15H21N3O. The number of hydrogen-bond acceptors (Lipinski definition) is 2. The normalized spacial score (nSPS) is 11.2. The van der Waals surface area contributed by atoms with Gasteiger partial charge in [-0.25, -0.2) is 0 Å². The van der Waals surface area contributed by atoms with E-state index in [0.717, 1.165) is 24.3 Å². The number of ketones is 1. The van der Waals surface area contributed by atoms with E-state index in [1.165, 1.54) is 5.69 Å². The number of aryl methyl sites for hydroxylation is 2. The Hall–Kier alpha value is -1.84. The van der Waals surface area contributed by atoms with Gasteiger partial charge in [0.15, 0.2) is 5.78 Å². The van der Waals surface area contributed by atoms with Gasteiger partial charge in [0.25, 0.3) is 0 Å². The molecule has 0 aliphatic rings. The van der Waals surface area contributed by atoms with Gasteiger partial charge in [0.05, 0.1) is 17.9 Å². The summed E-state index contributed by atoms with van der Waals surface area (Å²) in [6, 6.07) is 3.98. The van der Waals surface area contributed by atoms with E-state index in [2.05, 4.69) is 18.1 Å². The Kier molecular flexibility index (Phi) is 3.88. The lowest BCUT2D eigenvalue weighted by Crippen LogP contribution is -2.08. The smallest absolute Gasteiger partial charge is 0.166 e. The molecule has 0 bridgehead atoms. The fraction of sp³-hybridized carbons (Fsp3) is 0.467. The maximum Gasteiger partial charge on any atom is 0.166 e. The quantitative estimate of drug-likeness (QED) is 0.775. The Morgan fingerprint density at radius 3 is 2.79 bits per heavy atom. The van der Waals surface area contributed by atoms with Crippen LogP contribution in [0.15, 0.2) is 24.5 Å². The zero-order valence-corrected chi connectivity index (χ0v) is 12.1. The van der Waals surface area contributed by atoms with Crippen molar-refractivity contribution in [3.63, 3.8) is 0 Å². The predicted molar refractivity (Wildman–Crippen MR) is 75.3 cm³/mol. The van der Waals surface area contributed by atoms with Gasteiger partial charge < -0.3 is 4.57 Å². The molecule has 0 spiro atoms. The topological polar surface area (TPSA) is 39.8 Å². The molecule has 102 valence electrons. The average Bonchev–Trinajstić information content (AvgIpc) is 2.95. The second-order valence-electron chi connectivity index (χ2n) is 5.18. The van der Waals surface area contributed by atoms with Crippen molar-refractivity contribution in [3.05, 3.63) is 41.5 Å². The highest BCUT2D eigenvalue weighted by molar-refractivity contribution is 5.97. The first-order chi connectivity index (χ1) is 9.01. The minimum atomic E-state index is 0.0410. The van der Waals surface area contributed by atoms with Crippen LogP contribution in [0.1, 0.15) is 42.5 Å². The van der Waals surface area contributed by atoms with E-state index in [4.69, 9.17) is 0 Å². The molecule has 19 heavy (non-hydrogen) atoms. The van der Waals surface area contributed by atoms with Crippen LogP contribution in [0.4, 0.5) is 0 Å². The molecule has 2 aromatic rings. The molecule has 0 aromatic carbocycles. The molecule has 0 saturated heterocycles. The van der Waals surface area contributed by atoms with Gasteiger partial charge in [-0.2, -0.15) is 5.10 Å². The van der Waals surface area contributed by atoms with Crippen LogP contribution in [0.25, 0.3) is 0 Å². The Morgan fingerprint density at radius 1 is 1.42 bits per heavy atom. The van der Waals surface area contributed by atoms with E-state index < -0.39 is 0 Å². The third-order valence-electron chi connectivity index (χ3n) is 3.19. The molecule has 0 aliphatic carbocycles. The Bertz CT molecular complexity index is 578. The molecule has 0 N–H and O–H groups in total. The molecule has 0 aliphatic heterocycles. The lowest BCUT2D eigenvalue weighted by Gasteiger charge is -2.05. The van der Waals surface area contributed by atoms with Crippen LogP contribution in [0, 0.1) is 12.8 Å². The third-order valence-corrected chi connectivity index (χ3v) is 3.19. The van der Waals surface area contributed by atoms with E-state index in [-0.39, 0.29) is 11.7 Å². The van der Waals surface area contributed by atoms with Gasteiger partial charge in [-0.3, -0.25) is 9.48 Å². The molecule has 2 heterocycles. The highest BCUT2D eigenvalue weighted by atomic mass is 16.1. The number of nitrogens with zero attached hydrogens (tertiary/aromatic N) is 3.